The van der Waals surface area contributed by atoms with Crippen LogP contribution in [0.15, 0.2) is 54.6 Å². The molecule has 7 nitrogen and oxygen atoms in total. The first-order valence-electron chi connectivity index (χ1n) is 9.24. The Bertz CT molecular complexity index is 1230. The lowest BCUT2D eigenvalue weighted by molar-refractivity contribution is -0.142. The van der Waals surface area contributed by atoms with E-state index < -0.39 is 17.5 Å². The Hall–Kier alpha value is -4.00. The Labute approximate surface area is 171 Å². The topological polar surface area (TPSA) is 102 Å². The molecule has 2 aliphatic rings. The van der Waals surface area contributed by atoms with Gasteiger partial charge in [0.2, 0.25) is 0 Å². The summed E-state index contributed by atoms with van der Waals surface area (Å²) in [7, 11) is 0. The summed E-state index contributed by atoms with van der Waals surface area (Å²) < 4.78 is 17.1. The fraction of sp³-hybridized carbons (Fsp3) is 0.130. The number of fused-ring (bicyclic) bond motifs is 6. The number of carbonyl (C=O) groups excluding carboxylic acids is 2. The van der Waals surface area contributed by atoms with Gasteiger partial charge in [0.25, 0.3) is 0 Å². The smallest absolute Gasteiger partial charge is 0.340 e. The van der Waals surface area contributed by atoms with E-state index in [2.05, 4.69) is 0 Å². The van der Waals surface area contributed by atoms with E-state index in [-0.39, 0.29) is 35.2 Å². The highest BCUT2D eigenvalue weighted by molar-refractivity contribution is 5.97. The molecule has 3 aromatic carbocycles. The standard InChI is InChI=1S/C23H16O7/c1-12(24)28-11-15-19(26)9-8-18-21(15)29-20-10-13(25)6-7-17(20)23(18)16-5-3-2-4-14(16)22(27)30-23/h2-10,25-26H,11H2,1H3. The summed E-state index contributed by atoms with van der Waals surface area (Å²) in [6, 6.07) is 14.6. The minimum atomic E-state index is -1.33. The molecule has 0 saturated heterocycles. The van der Waals surface area contributed by atoms with Gasteiger partial charge in [-0.25, -0.2) is 4.79 Å². The Morgan fingerprint density at radius 2 is 1.80 bits per heavy atom. The number of carbonyl (C=O) groups is 2. The second-order valence-electron chi connectivity index (χ2n) is 7.12. The molecule has 1 unspecified atom stereocenters. The summed E-state index contributed by atoms with van der Waals surface area (Å²) in [6.45, 7) is 1.03. The van der Waals surface area contributed by atoms with Crippen LogP contribution in [0.2, 0.25) is 0 Å². The molecule has 5 rings (SSSR count). The lowest BCUT2D eigenvalue weighted by atomic mass is 9.77. The zero-order chi connectivity index (χ0) is 21.0. The number of phenolic OH excluding ortho intramolecular Hbond substituents is 2. The highest BCUT2D eigenvalue weighted by Crippen LogP contribution is 2.58. The van der Waals surface area contributed by atoms with Crippen molar-refractivity contribution >= 4 is 11.9 Å². The average molecular weight is 404 g/mol. The third kappa shape index (κ3) is 2.38. The number of aromatic hydroxyl groups is 2. The second-order valence-corrected chi connectivity index (χ2v) is 7.12. The van der Waals surface area contributed by atoms with Crippen LogP contribution >= 0.6 is 0 Å². The molecule has 2 heterocycles. The Morgan fingerprint density at radius 3 is 2.60 bits per heavy atom. The maximum atomic E-state index is 12.8. The van der Waals surface area contributed by atoms with Crippen LogP contribution < -0.4 is 4.74 Å². The van der Waals surface area contributed by atoms with Gasteiger partial charge in [-0.2, -0.15) is 0 Å². The van der Waals surface area contributed by atoms with Crippen LogP contribution in [0.1, 0.15) is 39.5 Å². The average Bonchev–Trinajstić information content (AvgIpc) is 3.00. The van der Waals surface area contributed by atoms with Gasteiger partial charge in [0.1, 0.15) is 29.6 Å². The predicted octanol–water partition coefficient (Wildman–Crippen LogP) is 3.73. The maximum Gasteiger partial charge on any atom is 0.340 e. The van der Waals surface area contributed by atoms with Crippen molar-refractivity contribution in [2.45, 2.75) is 19.1 Å². The molecule has 1 atom stereocenters. The van der Waals surface area contributed by atoms with E-state index in [9.17, 15) is 19.8 Å². The van der Waals surface area contributed by atoms with Gasteiger partial charge in [0.15, 0.2) is 5.60 Å². The van der Waals surface area contributed by atoms with Gasteiger partial charge in [0.05, 0.1) is 11.1 Å². The van der Waals surface area contributed by atoms with Gasteiger partial charge in [-0.15, -0.1) is 0 Å². The first-order chi connectivity index (χ1) is 14.4. The molecule has 2 N–H and O–H groups in total. The van der Waals surface area contributed by atoms with Gasteiger partial charge in [-0.3, -0.25) is 4.79 Å². The molecule has 0 amide bonds. The quantitative estimate of drug-likeness (QED) is 0.628. The van der Waals surface area contributed by atoms with Crippen molar-refractivity contribution < 1.29 is 34.0 Å². The first kappa shape index (κ1) is 18.1. The van der Waals surface area contributed by atoms with Crippen LogP contribution in [0.5, 0.6) is 23.0 Å². The largest absolute Gasteiger partial charge is 0.508 e. The summed E-state index contributed by atoms with van der Waals surface area (Å²) >= 11 is 0. The van der Waals surface area contributed by atoms with E-state index in [1.807, 2.05) is 0 Å². The number of phenols is 2. The number of rotatable bonds is 2. The van der Waals surface area contributed by atoms with E-state index in [0.29, 0.717) is 22.3 Å². The van der Waals surface area contributed by atoms with E-state index in [0.717, 1.165) is 0 Å². The molecule has 150 valence electrons. The fourth-order valence-corrected chi connectivity index (χ4v) is 4.08. The van der Waals surface area contributed by atoms with Crippen LogP contribution in [-0.2, 0) is 26.5 Å². The van der Waals surface area contributed by atoms with Gasteiger partial charge in [-0.1, -0.05) is 18.2 Å². The van der Waals surface area contributed by atoms with E-state index in [4.69, 9.17) is 14.2 Å². The molecule has 3 aromatic rings. The SMILES string of the molecule is CC(=O)OCc1c(O)ccc2c1Oc1cc(O)ccc1C21OC(=O)c2ccccc21. The monoisotopic (exact) mass is 404 g/mol. The second kappa shape index (κ2) is 6.25. The number of benzene rings is 3. The Morgan fingerprint density at radius 1 is 1.03 bits per heavy atom. The third-order valence-electron chi connectivity index (χ3n) is 5.36. The van der Waals surface area contributed by atoms with Crippen LogP contribution in [0, 0.1) is 0 Å². The van der Waals surface area contributed by atoms with Crippen molar-refractivity contribution in [3.05, 3.63) is 82.4 Å². The third-order valence-corrected chi connectivity index (χ3v) is 5.36. The van der Waals surface area contributed by atoms with E-state index in [1.165, 1.54) is 25.1 Å². The lowest BCUT2D eigenvalue weighted by Gasteiger charge is -2.37. The van der Waals surface area contributed by atoms with E-state index in [1.54, 1.807) is 36.4 Å². The minimum absolute atomic E-state index is 0.0355. The van der Waals surface area contributed by atoms with Crippen molar-refractivity contribution in [3.8, 4) is 23.0 Å². The van der Waals surface area contributed by atoms with Crippen LogP contribution in [0.3, 0.4) is 0 Å². The first-order valence-corrected chi connectivity index (χ1v) is 9.24. The minimum Gasteiger partial charge on any atom is -0.508 e. The maximum absolute atomic E-state index is 12.8. The molecule has 30 heavy (non-hydrogen) atoms. The number of ether oxygens (including phenoxy) is 3. The molecule has 1 spiro atoms. The summed E-state index contributed by atoms with van der Waals surface area (Å²) in [4.78, 5) is 24.1. The highest BCUT2D eigenvalue weighted by Gasteiger charge is 2.54. The lowest BCUT2D eigenvalue weighted by Crippen LogP contribution is -2.33. The van der Waals surface area contributed by atoms with Gasteiger partial charge in [0, 0.05) is 29.7 Å². The highest BCUT2D eigenvalue weighted by atomic mass is 16.6. The van der Waals surface area contributed by atoms with Crippen molar-refractivity contribution in [3.63, 3.8) is 0 Å². The Balaban J connectivity index is 1.83. The molecule has 0 saturated carbocycles. The zero-order valence-corrected chi connectivity index (χ0v) is 15.8. The number of hydrogen-bond acceptors (Lipinski definition) is 7. The molecular formula is C23H16O7. The van der Waals surface area contributed by atoms with Crippen LogP contribution in [0.4, 0.5) is 0 Å². The molecule has 0 aromatic heterocycles. The van der Waals surface area contributed by atoms with Crippen molar-refractivity contribution in [2.24, 2.45) is 0 Å². The van der Waals surface area contributed by atoms with Gasteiger partial charge < -0.3 is 24.4 Å². The number of esters is 2. The normalized spacial score (nSPS) is 18.1. The molecule has 2 aliphatic heterocycles. The van der Waals surface area contributed by atoms with Crippen molar-refractivity contribution in [2.75, 3.05) is 0 Å². The predicted molar refractivity (Wildman–Crippen MR) is 103 cm³/mol. The molecule has 0 radical (unpaired) electrons. The fourth-order valence-electron chi connectivity index (χ4n) is 4.08. The molecule has 0 bridgehead atoms. The van der Waals surface area contributed by atoms with E-state index >= 15 is 0 Å². The van der Waals surface area contributed by atoms with Crippen molar-refractivity contribution in [1.29, 1.82) is 0 Å². The van der Waals surface area contributed by atoms with Gasteiger partial charge in [-0.05, 0) is 30.3 Å². The molecule has 7 heteroatoms. The van der Waals surface area contributed by atoms with Crippen molar-refractivity contribution in [1.82, 2.24) is 0 Å². The van der Waals surface area contributed by atoms with Gasteiger partial charge >= 0.3 is 11.9 Å². The number of hydrogen-bond donors (Lipinski definition) is 2. The summed E-state index contributed by atoms with van der Waals surface area (Å²) in [5, 5.41) is 20.4. The Kier molecular flexibility index (Phi) is 3.76. The summed E-state index contributed by atoms with van der Waals surface area (Å²) in [5.74, 6) is -0.709. The van der Waals surface area contributed by atoms with Crippen LogP contribution in [0.25, 0.3) is 0 Å². The molecule has 0 fully saturated rings. The summed E-state index contributed by atoms with van der Waals surface area (Å²) in [5.41, 5.74) is 0.962. The molecule has 0 aliphatic carbocycles. The van der Waals surface area contributed by atoms with Crippen LogP contribution in [-0.4, -0.2) is 22.2 Å². The zero-order valence-electron chi connectivity index (χ0n) is 15.8. The summed E-state index contributed by atoms with van der Waals surface area (Å²) in [6.07, 6.45) is 0. The molecular weight excluding hydrogens is 388 g/mol.